The zero-order valence-corrected chi connectivity index (χ0v) is 9.78. The predicted octanol–water partition coefficient (Wildman–Crippen LogP) is 2.44. The van der Waals surface area contributed by atoms with E-state index >= 15 is 0 Å². The first-order valence-corrected chi connectivity index (χ1v) is 5.72. The average molecular weight is 233 g/mol. The third-order valence-electron chi connectivity index (χ3n) is 2.77. The highest BCUT2D eigenvalue weighted by Crippen LogP contribution is 2.15. The third-order valence-corrected chi connectivity index (χ3v) is 2.77. The van der Waals surface area contributed by atoms with Crippen molar-refractivity contribution in [3.63, 3.8) is 0 Å². The van der Waals surface area contributed by atoms with Crippen LogP contribution in [0.4, 0.5) is 4.39 Å². The molecule has 1 atom stereocenters. The van der Waals surface area contributed by atoms with Crippen molar-refractivity contribution < 1.29 is 4.39 Å². The smallest absolute Gasteiger partial charge is 0.127 e. The number of rotatable bonds is 5. The lowest BCUT2D eigenvalue weighted by Gasteiger charge is -2.14. The summed E-state index contributed by atoms with van der Waals surface area (Å²) in [5, 5.41) is 3.29. The van der Waals surface area contributed by atoms with Crippen LogP contribution in [-0.2, 0) is 6.42 Å². The number of halogens is 1. The van der Waals surface area contributed by atoms with Crippen LogP contribution in [0.5, 0.6) is 0 Å². The lowest BCUT2D eigenvalue weighted by atomic mass is 10.1. The molecule has 0 aliphatic rings. The van der Waals surface area contributed by atoms with Crippen molar-refractivity contribution in [3.05, 3.63) is 53.9 Å². The number of imidazole rings is 1. The first kappa shape index (κ1) is 11.8. The van der Waals surface area contributed by atoms with Gasteiger partial charge >= 0.3 is 0 Å². The van der Waals surface area contributed by atoms with E-state index < -0.39 is 0 Å². The molecule has 0 aliphatic carbocycles. The quantitative estimate of drug-likeness (QED) is 0.832. The molecular formula is C13H16FN3. The minimum Gasteiger partial charge on any atom is -0.348 e. The van der Waals surface area contributed by atoms with Crippen molar-refractivity contribution in [2.24, 2.45) is 0 Å². The Bertz CT molecular complexity index is 453. The van der Waals surface area contributed by atoms with Gasteiger partial charge in [0.25, 0.3) is 0 Å². The van der Waals surface area contributed by atoms with Crippen LogP contribution in [0.1, 0.15) is 24.2 Å². The number of nitrogens with one attached hydrogen (secondary N) is 2. The number of H-pyrrole nitrogens is 1. The highest BCUT2D eigenvalue weighted by molar-refractivity contribution is 5.20. The molecule has 1 heterocycles. The molecule has 0 aliphatic heterocycles. The van der Waals surface area contributed by atoms with Crippen molar-refractivity contribution in [1.82, 2.24) is 15.3 Å². The van der Waals surface area contributed by atoms with Gasteiger partial charge < -0.3 is 10.3 Å². The summed E-state index contributed by atoms with van der Waals surface area (Å²) in [6.45, 7) is 2.75. The van der Waals surface area contributed by atoms with Gasteiger partial charge in [-0.3, -0.25) is 0 Å². The van der Waals surface area contributed by atoms with Gasteiger partial charge in [0, 0.05) is 36.5 Å². The van der Waals surface area contributed by atoms with E-state index in [1.54, 1.807) is 18.6 Å². The van der Waals surface area contributed by atoms with E-state index in [1.165, 1.54) is 6.07 Å². The van der Waals surface area contributed by atoms with E-state index in [2.05, 4.69) is 15.3 Å². The Morgan fingerprint density at radius 2 is 2.24 bits per heavy atom. The Labute approximate surface area is 100 Å². The van der Waals surface area contributed by atoms with Gasteiger partial charge in [-0.1, -0.05) is 18.2 Å². The molecule has 2 rings (SSSR count). The van der Waals surface area contributed by atoms with E-state index in [0.717, 1.165) is 18.7 Å². The Kier molecular flexibility index (Phi) is 3.88. The summed E-state index contributed by atoms with van der Waals surface area (Å²) in [5.74, 6) is -0.158. The van der Waals surface area contributed by atoms with Crippen molar-refractivity contribution in [2.45, 2.75) is 19.4 Å². The van der Waals surface area contributed by atoms with Crippen LogP contribution >= 0.6 is 0 Å². The second-order valence-electron chi connectivity index (χ2n) is 4.02. The summed E-state index contributed by atoms with van der Waals surface area (Å²) >= 11 is 0. The molecule has 1 aromatic carbocycles. The lowest BCUT2D eigenvalue weighted by molar-refractivity contribution is 0.529. The van der Waals surface area contributed by atoms with E-state index in [-0.39, 0.29) is 11.9 Å². The molecule has 0 fully saturated rings. The summed E-state index contributed by atoms with van der Waals surface area (Å²) in [7, 11) is 0. The fourth-order valence-electron chi connectivity index (χ4n) is 1.78. The fraction of sp³-hybridized carbons (Fsp3) is 0.308. The van der Waals surface area contributed by atoms with Crippen LogP contribution in [0.15, 0.2) is 36.8 Å². The molecule has 2 aromatic rings. The maximum Gasteiger partial charge on any atom is 0.127 e. The molecule has 1 aromatic heterocycles. The highest BCUT2D eigenvalue weighted by atomic mass is 19.1. The molecule has 0 bridgehead atoms. The maximum absolute atomic E-state index is 13.5. The molecule has 90 valence electrons. The summed E-state index contributed by atoms with van der Waals surface area (Å²) in [6, 6.07) is 6.87. The van der Waals surface area contributed by atoms with Crippen LogP contribution < -0.4 is 5.32 Å². The Morgan fingerprint density at radius 3 is 2.94 bits per heavy atom. The van der Waals surface area contributed by atoms with Crippen LogP contribution in [0.2, 0.25) is 0 Å². The zero-order chi connectivity index (χ0) is 12.1. The fourth-order valence-corrected chi connectivity index (χ4v) is 1.78. The SMILES string of the molecule is CC(NCCc1cnc[nH]1)c1ccccc1F. The molecule has 3 nitrogen and oxygen atoms in total. The van der Waals surface area contributed by atoms with Crippen molar-refractivity contribution in [2.75, 3.05) is 6.54 Å². The first-order valence-electron chi connectivity index (χ1n) is 5.72. The number of hydrogen-bond acceptors (Lipinski definition) is 2. The normalized spacial score (nSPS) is 12.6. The van der Waals surface area contributed by atoms with Crippen LogP contribution in [-0.4, -0.2) is 16.5 Å². The van der Waals surface area contributed by atoms with Crippen molar-refractivity contribution in [1.29, 1.82) is 0 Å². The Morgan fingerprint density at radius 1 is 1.41 bits per heavy atom. The topological polar surface area (TPSA) is 40.7 Å². The highest BCUT2D eigenvalue weighted by Gasteiger charge is 2.08. The van der Waals surface area contributed by atoms with Gasteiger partial charge in [0.05, 0.1) is 6.33 Å². The molecule has 17 heavy (non-hydrogen) atoms. The lowest BCUT2D eigenvalue weighted by Crippen LogP contribution is -2.22. The Balaban J connectivity index is 1.85. The minimum atomic E-state index is -0.158. The standard InChI is InChI=1S/C13H16FN3/c1-10(12-4-2-3-5-13(12)14)16-7-6-11-8-15-9-17-11/h2-5,8-10,16H,6-7H2,1H3,(H,15,17). The molecule has 0 amide bonds. The summed E-state index contributed by atoms with van der Waals surface area (Å²) in [4.78, 5) is 6.99. The number of hydrogen-bond donors (Lipinski definition) is 2. The summed E-state index contributed by atoms with van der Waals surface area (Å²) < 4.78 is 13.5. The van der Waals surface area contributed by atoms with Crippen molar-refractivity contribution >= 4 is 0 Å². The molecule has 1 unspecified atom stereocenters. The summed E-state index contributed by atoms with van der Waals surface area (Å²) in [5.41, 5.74) is 1.79. The van der Waals surface area contributed by atoms with Gasteiger partial charge in [0.15, 0.2) is 0 Å². The van der Waals surface area contributed by atoms with Crippen LogP contribution in [0, 0.1) is 5.82 Å². The van der Waals surface area contributed by atoms with Crippen molar-refractivity contribution in [3.8, 4) is 0 Å². The second-order valence-corrected chi connectivity index (χ2v) is 4.02. The van der Waals surface area contributed by atoms with Gasteiger partial charge in [-0.25, -0.2) is 9.37 Å². The van der Waals surface area contributed by atoms with E-state index in [0.29, 0.717) is 5.56 Å². The molecule has 4 heteroatoms. The number of benzene rings is 1. The predicted molar refractivity (Wildman–Crippen MR) is 65.1 cm³/mol. The molecule has 0 spiro atoms. The number of aromatic amines is 1. The largest absolute Gasteiger partial charge is 0.348 e. The van der Waals surface area contributed by atoms with E-state index in [4.69, 9.17) is 0 Å². The van der Waals surface area contributed by atoms with Gasteiger partial charge in [0.1, 0.15) is 5.82 Å². The van der Waals surface area contributed by atoms with E-state index in [1.807, 2.05) is 19.1 Å². The van der Waals surface area contributed by atoms with Crippen LogP contribution in [0.25, 0.3) is 0 Å². The molecule has 2 N–H and O–H groups in total. The zero-order valence-electron chi connectivity index (χ0n) is 9.78. The van der Waals surface area contributed by atoms with Gasteiger partial charge in [-0.2, -0.15) is 0 Å². The maximum atomic E-state index is 13.5. The molecule has 0 saturated heterocycles. The molecule has 0 radical (unpaired) electrons. The van der Waals surface area contributed by atoms with E-state index in [9.17, 15) is 4.39 Å². The molecular weight excluding hydrogens is 217 g/mol. The monoisotopic (exact) mass is 233 g/mol. The first-order chi connectivity index (χ1) is 8.27. The minimum absolute atomic E-state index is 0.0131. The Hall–Kier alpha value is -1.68. The third kappa shape index (κ3) is 3.14. The van der Waals surface area contributed by atoms with Gasteiger partial charge in [-0.15, -0.1) is 0 Å². The average Bonchev–Trinajstić information content (AvgIpc) is 2.82. The molecule has 0 saturated carbocycles. The van der Waals surface area contributed by atoms with Crippen LogP contribution in [0.3, 0.4) is 0 Å². The number of aromatic nitrogens is 2. The number of nitrogens with zero attached hydrogens (tertiary/aromatic N) is 1. The summed E-state index contributed by atoms with van der Waals surface area (Å²) in [6.07, 6.45) is 4.32. The van der Waals surface area contributed by atoms with Gasteiger partial charge in [0.2, 0.25) is 0 Å². The second kappa shape index (κ2) is 5.59. The van der Waals surface area contributed by atoms with Gasteiger partial charge in [-0.05, 0) is 13.0 Å².